The molecule has 1 aromatic heterocycles. The second-order valence-electron chi connectivity index (χ2n) is 2.57. The third-order valence-electron chi connectivity index (χ3n) is 1.70. The molecule has 0 aliphatic rings. The van der Waals surface area contributed by atoms with Crippen LogP contribution in [-0.4, -0.2) is 9.78 Å². The number of rotatable bonds is 1. The molecular formula is C9H11BrN2. The van der Waals surface area contributed by atoms with Crippen molar-refractivity contribution >= 4 is 15.9 Å². The summed E-state index contributed by atoms with van der Waals surface area (Å²) in [6.07, 6.45) is 0. The second kappa shape index (κ2) is 3.77. The molecule has 0 fully saturated rings. The minimum atomic E-state index is 0.675. The maximum Gasteiger partial charge on any atom is 0.102 e. The first-order valence-corrected chi connectivity index (χ1v) is 4.55. The molecule has 0 saturated heterocycles. The van der Waals surface area contributed by atoms with Gasteiger partial charge in [0.05, 0.1) is 15.9 Å². The molecular weight excluding hydrogens is 216 g/mol. The van der Waals surface area contributed by atoms with Crippen LogP contribution in [0.15, 0.2) is 4.47 Å². The monoisotopic (exact) mass is 226 g/mol. The summed E-state index contributed by atoms with van der Waals surface area (Å²) in [5.74, 6) is 5.82. The van der Waals surface area contributed by atoms with Gasteiger partial charge in [0, 0.05) is 0 Å². The normalized spacial score (nSPS) is 9.33. The standard InChI is InChI=1S/C9H11BrN2/c1-4-5-6-12-8(3)9(10)7(2)11-12/h6H2,1-3H3. The molecule has 64 valence electrons. The quantitative estimate of drug-likeness (QED) is 0.673. The van der Waals surface area contributed by atoms with E-state index in [0.29, 0.717) is 6.54 Å². The first-order valence-electron chi connectivity index (χ1n) is 3.76. The van der Waals surface area contributed by atoms with Crippen LogP contribution in [0.3, 0.4) is 0 Å². The SMILES string of the molecule is CC#CCn1nc(C)c(Br)c1C. The zero-order chi connectivity index (χ0) is 9.14. The van der Waals surface area contributed by atoms with E-state index in [9.17, 15) is 0 Å². The van der Waals surface area contributed by atoms with Crippen molar-refractivity contribution < 1.29 is 0 Å². The fourth-order valence-corrected chi connectivity index (χ4v) is 1.27. The highest BCUT2D eigenvalue weighted by Gasteiger charge is 2.06. The Balaban J connectivity index is 2.98. The Morgan fingerprint density at radius 2 is 2.17 bits per heavy atom. The molecule has 1 rings (SSSR count). The van der Waals surface area contributed by atoms with E-state index in [0.717, 1.165) is 15.9 Å². The smallest absolute Gasteiger partial charge is 0.102 e. The van der Waals surface area contributed by atoms with Crippen LogP contribution in [0.4, 0.5) is 0 Å². The van der Waals surface area contributed by atoms with Gasteiger partial charge in [0.1, 0.15) is 6.54 Å². The largest absolute Gasteiger partial charge is 0.256 e. The summed E-state index contributed by atoms with van der Waals surface area (Å²) >= 11 is 3.46. The molecule has 1 aromatic rings. The third kappa shape index (κ3) is 1.70. The topological polar surface area (TPSA) is 17.8 Å². The van der Waals surface area contributed by atoms with E-state index in [1.807, 2.05) is 25.5 Å². The molecule has 0 unspecified atom stereocenters. The van der Waals surface area contributed by atoms with E-state index in [4.69, 9.17) is 0 Å². The lowest BCUT2D eigenvalue weighted by Gasteiger charge is -1.96. The molecule has 0 amide bonds. The molecule has 0 spiro atoms. The van der Waals surface area contributed by atoms with Gasteiger partial charge in [-0.3, -0.25) is 4.68 Å². The van der Waals surface area contributed by atoms with Crippen molar-refractivity contribution in [3.05, 3.63) is 15.9 Å². The van der Waals surface area contributed by atoms with Gasteiger partial charge in [0.25, 0.3) is 0 Å². The van der Waals surface area contributed by atoms with E-state index < -0.39 is 0 Å². The van der Waals surface area contributed by atoms with Crippen LogP contribution >= 0.6 is 15.9 Å². The molecule has 2 nitrogen and oxygen atoms in total. The van der Waals surface area contributed by atoms with Gasteiger partial charge >= 0.3 is 0 Å². The Bertz CT molecular complexity index is 341. The van der Waals surface area contributed by atoms with Gasteiger partial charge in [0.15, 0.2) is 0 Å². The van der Waals surface area contributed by atoms with Crippen LogP contribution in [0, 0.1) is 25.7 Å². The first kappa shape index (κ1) is 9.34. The minimum absolute atomic E-state index is 0.675. The van der Waals surface area contributed by atoms with Crippen molar-refractivity contribution in [3.63, 3.8) is 0 Å². The summed E-state index contributed by atoms with van der Waals surface area (Å²) in [6, 6.07) is 0. The van der Waals surface area contributed by atoms with Crippen LogP contribution in [0.1, 0.15) is 18.3 Å². The summed E-state index contributed by atoms with van der Waals surface area (Å²) in [5.41, 5.74) is 2.15. The minimum Gasteiger partial charge on any atom is -0.256 e. The Morgan fingerprint density at radius 3 is 2.58 bits per heavy atom. The van der Waals surface area contributed by atoms with Gasteiger partial charge in [-0.15, -0.1) is 5.92 Å². The number of aryl methyl sites for hydroxylation is 1. The number of nitrogens with zero attached hydrogens (tertiary/aromatic N) is 2. The van der Waals surface area contributed by atoms with E-state index in [1.165, 1.54) is 0 Å². The highest BCUT2D eigenvalue weighted by Crippen LogP contribution is 2.19. The average Bonchev–Trinajstić information content (AvgIpc) is 2.30. The first-order chi connectivity index (χ1) is 5.66. The van der Waals surface area contributed by atoms with Crippen LogP contribution in [0.25, 0.3) is 0 Å². The molecule has 0 radical (unpaired) electrons. The highest BCUT2D eigenvalue weighted by atomic mass is 79.9. The lowest BCUT2D eigenvalue weighted by Crippen LogP contribution is -2.00. The predicted molar refractivity (Wildman–Crippen MR) is 52.9 cm³/mol. The van der Waals surface area contributed by atoms with Crippen molar-refractivity contribution in [1.29, 1.82) is 0 Å². The van der Waals surface area contributed by atoms with Gasteiger partial charge in [0.2, 0.25) is 0 Å². The third-order valence-corrected chi connectivity index (χ3v) is 2.85. The van der Waals surface area contributed by atoms with E-state index in [1.54, 1.807) is 0 Å². The zero-order valence-electron chi connectivity index (χ0n) is 7.48. The number of hydrogen-bond donors (Lipinski definition) is 0. The molecule has 0 aliphatic heterocycles. The van der Waals surface area contributed by atoms with Gasteiger partial charge < -0.3 is 0 Å². The van der Waals surface area contributed by atoms with Crippen molar-refractivity contribution in [3.8, 4) is 11.8 Å². The summed E-state index contributed by atoms with van der Waals surface area (Å²) in [5, 5.41) is 4.31. The Kier molecular flexibility index (Phi) is 2.93. The molecule has 0 N–H and O–H groups in total. The van der Waals surface area contributed by atoms with Gasteiger partial charge in [-0.05, 0) is 36.7 Å². The van der Waals surface area contributed by atoms with Crippen molar-refractivity contribution in [2.45, 2.75) is 27.3 Å². The fourth-order valence-electron chi connectivity index (χ4n) is 0.983. The number of halogens is 1. The maximum atomic E-state index is 4.31. The molecule has 0 bridgehead atoms. The molecule has 12 heavy (non-hydrogen) atoms. The van der Waals surface area contributed by atoms with Crippen LogP contribution in [0.5, 0.6) is 0 Å². The summed E-state index contributed by atoms with van der Waals surface area (Å²) in [4.78, 5) is 0. The summed E-state index contributed by atoms with van der Waals surface area (Å²) < 4.78 is 2.98. The average molecular weight is 227 g/mol. The van der Waals surface area contributed by atoms with Gasteiger partial charge in [-0.1, -0.05) is 5.92 Å². The predicted octanol–water partition coefficient (Wildman–Crippen LogP) is 2.29. The van der Waals surface area contributed by atoms with Crippen LogP contribution < -0.4 is 0 Å². The number of hydrogen-bond acceptors (Lipinski definition) is 1. The van der Waals surface area contributed by atoms with Crippen molar-refractivity contribution in [1.82, 2.24) is 9.78 Å². The molecule has 0 aliphatic carbocycles. The lowest BCUT2D eigenvalue weighted by molar-refractivity contribution is 0.684. The van der Waals surface area contributed by atoms with Crippen LogP contribution in [-0.2, 0) is 6.54 Å². The molecule has 1 heterocycles. The molecule has 0 aromatic carbocycles. The Morgan fingerprint density at radius 1 is 1.50 bits per heavy atom. The molecule has 0 saturated carbocycles. The van der Waals surface area contributed by atoms with E-state index in [-0.39, 0.29) is 0 Å². The van der Waals surface area contributed by atoms with Gasteiger partial charge in [-0.2, -0.15) is 5.10 Å². The lowest BCUT2D eigenvalue weighted by atomic mass is 10.4. The van der Waals surface area contributed by atoms with Crippen molar-refractivity contribution in [2.24, 2.45) is 0 Å². The second-order valence-corrected chi connectivity index (χ2v) is 3.36. The van der Waals surface area contributed by atoms with Gasteiger partial charge in [-0.25, -0.2) is 0 Å². The van der Waals surface area contributed by atoms with E-state index in [2.05, 4.69) is 32.9 Å². The zero-order valence-corrected chi connectivity index (χ0v) is 9.07. The molecule has 0 atom stereocenters. The van der Waals surface area contributed by atoms with E-state index >= 15 is 0 Å². The maximum absolute atomic E-state index is 4.31. The summed E-state index contributed by atoms with van der Waals surface area (Å²) in [7, 11) is 0. The Hall–Kier alpha value is -0.750. The highest BCUT2D eigenvalue weighted by molar-refractivity contribution is 9.10. The Labute approximate surface area is 81.1 Å². The van der Waals surface area contributed by atoms with Crippen molar-refractivity contribution in [2.75, 3.05) is 0 Å². The molecule has 3 heteroatoms. The fraction of sp³-hybridized carbons (Fsp3) is 0.444. The summed E-state index contributed by atoms with van der Waals surface area (Å²) in [6.45, 7) is 6.52. The van der Waals surface area contributed by atoms with Crippen LogP contribution in [0.2, 0.25) is 0 Å². The number of aromatic nitrogens is 2.